The van der Waals surface area contributed by atoms with Crippen LogP contribution >= 0.6 is 11.8 Å². The Balaban J connectivity index is 1.91. The monoisotopic (exact) mass is 205 g/mol. The van der Waals surface area contributed by atoms with Crippen molar-refractivity contribution in [2.45, 2.75) is 5.37 Å². The van der Waals surface area contributed by atoms with Crippen LogP contribution < -0.4 is 0 Å². The molecule has 0 bridgehead atoms. The molecule has 1 aromatic rings. The average Bonchev–Trinajstić information content (AvgIpc) is 2.83. The molecule has 2 aliphatic heterocycles. The summed E-state index contributed by atoms with van der Waals surface area (Å²) in [5.74, 6) is 0.813. The zero-order valence-electron chi connectivity index (χ0n) is 7.21. The molecule has 4 heteroatoms. The van der Waals surface area contributed by atoms with Crippen molar-refractivity contribution in [1.82, 2.24) is 4.90 Å². The Labute approximate surface area is 85.1 Å². The fourth-order valence-electron chi connectivity index (χ4n) is 1.56. The summed E-state index contributed by atoms with van der Waals surface area (Å²) in [5, 5.41) is 2.11. The van der Waals surface area contributed by atoms with Crippen LogP contribution in [0.2, 0.25) is 0 Å². The molecule has 0 N–H and O–H groups in total. The van der Waals surface area contributed by atoms with E-state index in [2.05, 4.69) is 0 Å². The second kappa shape index (κ2) is 2.78. The van der Waals surface area contributed by atoms with Crippen molar-refractivity contribution in [2.24, 2.45) is 0 Å². The number of furan rings is 1. The van der Waals surface area contributed by atoms with Crippen molar-refractivity contribution in [3.8, 4) is 0 Å². The number of rotatable bonds is 1. The third kappa shape index (κ3) is 0.974. The summed E-state index contributed by atoms with van der Waals surface area (Å²) in [6.45, 7) is 0. The van der Waals surface area contributed by atoms with Gasteiger partial charge in [0.2, 0.25) is 0 Å². The molecule has 3 nitrogen and oxygen atoms in total. The van der Waals surface area contributed by atoms with Crippen LogP contribution in [-0.4, -0.2) is 16.2 Å². The fourth-order valence-corrected chi connectivity index (χ4v) is 2.53. The van der Waals surface area contributed by atoms with Gasteiger partial charge in [-0.2, -0.15) is 0 Å². The lowest BCUT2D eigenvalue weighted by molar-refractivity contribution is -0.130. The highest BCUT2D eigenvalue weighted by Crippen LogP contribution is 2.41. The van der Waals surface area contributed by atoms with E-state index in [1.807, 2.05) is 29.8 Å². The van der Waals surface area contributed by atoms with Gasteiger partial charge in [0, 0.05) is 6.20 Å². The van der Waals surface area contributed by atoms with E-state index in [-0.39, 0.29) is 11.3 Å². The summed E-state index contributed by atoms with van der Waals surface area (Å²) in [5.41, 5.74) is 0.815. The van der Waals surface area contributed by atoms with E-state index in [0.717, 1.165) is 11.3 Å². The lowest BCUT2D eigenvalue weighted by Crippen LogP contribution is -2.47. The first kappa shape index (κ1) is 7.94. The third-order valence-electron chi connectivity index (χ3n) is 2.27. The number of thioether (sulfide) groups is 1. The third-order valence-corrected chi connectivity index (χ3v) is 3.29. The van der Waals surface area contributed by atoms with Crippen molar-refractivity contribution in [1.29, 1.82) is 0 Å². The summed E-state index contributed by atoms with van der Waals surface area (Å²) in [7, 11) is 0. The van der Waals surface area contributed by atoms with Gasteiger partial charge in [0.1, 0.15) is 11.1 Å². The van der Waals surface area contributed by atoms with Gasteiger partial charge in [0.15, 0.2) is 0 Å². The summed E-state index contributed by atoms with van der Waals surface area (Å²) < 4.78 is 5.16. The van der Waals surface area contributed by atoms with Crippen LogP contribution in [0.3, 0.4) is 0 Å². The molecule has 0 aliphatic carbocycles. The molecule has 0 saturated carbocycles. The molecule has 1 amide bonds. The SMILES string of the molecule is O=C1/C(=C/c2ccco2)[C@H]2SC=CN12. The molecule has 1 atom stereocenters. The highest BCUT2D eigenvalue weighted by atomic mass is 32.2. The largest absolute Gasteiger partial charge is 0.465 e. The topological polar surface area (TPSA) is 33.5 Å². The molecule has 70 valence electrons. The number of hydrogen-bond donors (Lipinski definition) is 0. The molecule has 1 aromatic heterocycles. The summed E-state index contributed by atoms with van der Waals surface area (Å²) >= 11 is 1.64. The quantitative estimate of drug-likeness (QED) is 0.519. The normalized spacial score (nSPS) is 26.9. The average molecular weight is 205 g/mol. The van der Waals surface area contributed by atoms with Gasteiger partial charge in [-0.3, -0.25) is 9.69 Å². The maximum atomic E-state index is 11.5. The molecule has 1 saturated heterocycles. The van der Waals surface area contributed by atoms with Crippen molar-refractivity contribution in [3.05, 3.63) is 41.3 Å². The Hall–Kier alpha value is -1.42. The van der Waals surface area contributed by atoms with Crippen LogP contribution in [0.4, 0.5) is 0 Å². The van der Waals surface area contributed by atoms with E-state index in [0.29, 0.717) is 0 Å². The van der Waals surface area contributed by atoms with Crippen molar-refractivity contribution >= 4 is 23.7 Å². The van der Waals surface area contributed by atoms with Crippen molar-refractivity contribution < 1.29 is 9.21 Å². The van der Waals surface area contributed by atoms with Crippen LogP contribution in [-0.2, 0) is 4.79 Å². The van der Waals surface area contributed by atoms with Crippen LogP contribution in [0.25, 0.3) is 6.08 Å². The minimum Gasteiger partial charge on any atom is -0.465 e. The molecule has 3 rings (SSSR count). The Kier molecular flexibility index (Phi) is 1.58. The number of fused-ring (bicyclic) bond motifs is 1. The Morgan fingerprint density at radius 2 is 2.50 bits per heavy atom. The van der Waals surface area contributed by atoms with Gasteiger partial charge in [-0.05, 0) is 23.6 Å². The van der Waals surface area contributed by atoms with Crippen LogP contribution in [0.1, 0.15) is 5.76 Å². The smallest absolute Gasteiger partial charge is 0.258 e. The molecule has 14 heavy (non-hydrogen) atoms. The summed E-state index contributed by atoms with van der Waals surface area (Å²) in [6.07, 6.45) is 5.23. The number of carbonyl (C=O) groups is 1. The Morgan fingerprint density at radius 1 is 1.57 bits per heavy atom. The molecule has 1 fully saturated rings. The Bertz CT molecular complexity index is 433. The van der Waals surface area contributed by atoms with Gasteiger partial charge in [0.05, 0.1) is 11.8 Å². The summed E-state index contributed by atoms with van der Waals surface area (Å²) in [6, 6.07) is 3.66. The maximum absolute atomic E-state index is 11.5. The van der Waals surface area contributed by atoms with Crippen molar-refractivity contribution in [2.75, 3.05) is 0 Å². The van der Waals surface area contributed by atoms with Gasteiger partial charge >= 0.3 is 0 Å². The highest BCUT2D eigenvalue weighted by Gasteiger charge is 2.43. The van der Waals surface area contributed by atoms with Gasteiger partial charge in [0.25, 0.3) is 5.91 Å². The lowest BCUT2D eigenvalue weighted by atomic mass is 10.1. The molecular weight excluding hydrogens is 198 g/mol. The van der Waals surface area contributed by atoms with E-state index in [1.165, 1.54) is 0 Å². The minimum absolute atomic E-state index is 0.0765. The van der Waals surface area contributed by atoms with Crippen LogP contribution in [0, 0.1) is 0 Å². The van der Waals surface area contributed by atoms with E-state index < -0.39 is 0 Å². The van der Waals surface area contributed by atoms with Gasteiger partial charge in [-0.25, -0.2) is 0 Å². The number of β-lactam (4-membered cyclic amide) rings is 1. The minimum atomic E-state index is 0.0765. The molecule has 0 radical (unpaired) electrons. The first-order valence-electron chi connectivity index (χ1n) is 4.26. The van der Waals surface area contributed by atoms with Crippen LogP contribution in [0.5, 0.6) is 0 Å². The number of nitrogens with zero attached hydrogens (tertiary/aromatic N) is 1. The zero-order chi connectivity index (χ0) is 9.54. The second-order valence-electron chi connectivity index (χ2n) is 3.10. The molecule has 0 unspecified atom stereocenters. The standard InChI is InChI=1S/C10H7NO2S/c12-9-8(6-7-2-1-4-13-7)10-11(9)3-5-14-10/h1-6,10H/b8-6-/t10-/m1/s1. The molecule has 3 heterocycles. The van der Waals surface area contributed by atoms with E-state index >= 15 is 0 Å². The second-order valence-corrected chi connectivity index (χ2v) is 4.09. The number of amides is 1. The van der Waals surface area contributed by atoms with E-state index in [9.17, 15) is 4.79 Å². The first-order valence-corrected chi connectivity index (χ1v) is 5.20. The molecule has 0 aromatic carbocycles. The van der Waals surface area contributed by atoms with Crippen LogP contribution in [0.15, 0.2) is 40.0 Å². The lowest BCUT2D eigenvalue weighted by Gasteiger charge is -2.35. The fraction of sp³-hybridized carbons (Fsp3) is 0.100. The summed E-state index contributed by atoms with van der Waals surface area (Å²) in [4.78, 5) is 13.2. The molecule has 0 spiro atoms. The molecular formula is C10H7NO2S. The zero-order valence-corrected chi connectivity index (χ0v) is 8.03. The van der Waals surface area contributed by atoms with Gasteiger partial charge in [-0.15, -0.1) is 11.8 Å². The predicted molar refractivity (Wildman–Crippen MR) is 54.1 cm³/mol. The molecule has 2 aliphatic rings. The van der Waals surface area contributed by atoms with Gasteiger partial charge in [-0.1, -0.05) is 0 Å². The number of hydrogen-bond acceptors (Lipinski definition) is 3. The highest BCUT2D eigenvalue weighted by molar-refractivity contribution is 8.03. The van der Waals surface area contributed by atoms with E-state index in [4.69, 9.17) is 4.42 Å². The van der Waals surface area contributed by atoms with Crippen molar-refractivity contribution in [3.63, 3.8) is 0 Å². The van der Waals surface area contributed by atoms with Gasteiger partial charge < -0.3 is 4.42 Å². The van der Waals surface area contributed by atoms with E-state index in [1.54, 1.807) is 22.9 Å². The number of carbonyl (C=O) groups excluding carboxylic acids is 1. The Morgan fingerprint density at radius 3 is 3.29 bits per heavy atom. The predicted octanol–water partition coefficient (Wildman–Crippen LogP) is 2.05. The maximum Gasteiger partial charge on any atom is 0.258 e. The first-order chi connectivity index (χ1) is 6.86.